The summed E-state index contributed by atoms with van der Waals surface area (Å²) in [5.74, 6) is -1.43. The van der Waals surface area contributed by atoms with Crippen LogP contribution in [-0.2, 0) is 14.3 Å². The van der Waals surface area contributed by atoms with Gasteiger partial charge in [-0.15, -0.1) is 0 Å². The second-order valence-corrected chi connectivity index (χ2v) is 8.03. The fraction of sp³-hybridized carbons (Fsp3) is 0.478. The largest absolute Gasteiger partial charge is 0.466 e. The predicted octanol–water partition coefficient (Wildman–Crippen LogP) is 4.16. The van der Waals surface area contributed by atoms with Gasteiger partial charge in [0.25, 0.3) is 0 Å². The Labute approximate surface area is 165 Å². The van der Waals surface area contributed by atoms with Crippen LogP contribution in [-0.4, -0.2) is 24.0 Å². The van der Waals surface area contributed by atoms with Crippen LogP contribution in [0.3, 0.4) is 0 Å². The molecule has 2 aliphatic rings. The average molecular weight is 386 g/mol. The minimum absolute atomic E-state index is 0.0620. The highest BCUT2D eigenvalue weighted by atomic mass is 19.1. The molecule has 28 heavy (non-hydrogen) atoms. The molecule has 1 aromatic rings. The van der Waals surface area contributed by atoms with E-state index in [4.69, 9.17) is 4.74 Å². The summed E-state index contributed by atoms with van der Waals surface area (Å²) in [4.78, 5) is 25.0. The van der Waals surface area contributed by atoms with E-state index in [0.29, 0.717) is 23.1 Å². The first-order valence-corrected chi connectivity index (χ1v) is 9.70. The maximum Gasteiger partial charge on any atom is 0.333 e. The summed E-state index contributed by atoms with van der Waals surface area (Å²) in [5.41, 5.74) is 2.66. The van der Waals surface area contributed by atoms with Gasteiger partial charge in [-0.2, -0.15) is 0 Å². The molecule has 0 heterocycles. The fourth-order valence-corrected chi connectivity index (χ4v) is 4.84. The average Bonchev–Trinajstić information content (AvgIpc) is 2.82. The Kier molecular flexibility index (Phi) is 5.84. The van der Waals surface area contributed by atoms with E-state index in [1.807, 2.05) is 0 Å². The molecule has 5 atom stereocenters. The van der Waals surface area contributed by atoms with Gasteiger partial charge in [0.05, 0.1) is 19.1 Å². The Bertz CT molecular complexity index is 824. The van der Waals surface area contributed by atoms with Crippen molar-refractivity contribution in [3.63, 3.8) is 0 Å². The lowest BCUT2D eigenvalue weighted by molar-refractivity contribution is -0.136. The van der Waals surface area contributed by atoms with Crippen LogP contribution in [0.25, 0.3) is 0 Å². The van der Waals surface area contributed by atoms with Crippen LogP contribution < -0.4 is 0 Å². The Hall–Kier alpha value is -2.27. The smallest absolute Gasteiger partial charge is 0.333 e. The maximum atomic E-state index is 13.3. The van der Waals surface area contributed by atoms with Gasteiger partial charge < -0.3 is 9.84 Å². The number of fused-ring (bicyclic) bond motifs is 1. The van der Waals surface area contributed by atoms with E-state index in [9.17, 15) is 19.1 Å². The van der Waals surface area contributed by atoms with Gasteiger partial charge in [0.1, 0.15) is 5.82 Å². The van der Waals surface area contributed by atoms with Crippen LogP contribution in [0, 0.1) is 29.5 Å². The third-order valence-corrected chi connectivity index (χ3v) is 6.49. The number of hydrogen-bond acceptors (Lipinski definition) is 4. The number of Topliss-reactive ketones (excluding diaryl/α,β-unsaturated/α-hetero) is 1. The molecular weight excluding hydrogens is 359 g/mol. The summed E-state index contributed by atoms with van der Waals surface area (Å²) in [6.45, 7) is 7.81. The van der Waals surface area contributed by atoms with Crippen LogP contribution in [0.1, 0.15) is 44.8 Å². The number of rotatable bonds is 4. The maximum absolute atomic E-state index is 13.3. The lowest BCUT2D eigenvalue weighted by Gasteiger charge is -2.29. The van der Waals surface area contributed by atoms with Crippen molar-refractivity contribution in [1.82, 2.24) is 0 Å². The molecule has 1 fully saturated rings. The van der Waals surface area contributed by atoms with Crippen molar-refractivity contribution in [3.8, 4) is 0 Å². The van der Waals surface area contributed by atoms with Crippen molar-refractivity contribution in [2.45, 2.75) is 39.2 Å². The molecule has 3 rings (SSSR count). The lowest BCUT2D eigenvalue weighted by Crippen LogP contribution is -2.29. The summed E-state index contributed by atoms with van der Waals surface area (Å²) < 4.78 is 18.1. The molecule has 5 heteroatoms. The number of ketones is 1. The molecule has 0 saturated heterocycles. The van der Waals surface area contributed by atoms with Gasteiger partial charge in [-0.25, -0.2) is 9.18 Å². The van der Waals surface area contributed by atoms with Gasteiger partial charge in [-0.1, -0.05) is 31.2 Å². The van der Waals surface area contributed by atoms with Gasteiger partial charge in [-0.05, 0) is 67.2 Å². The molecule has 1 N–H and O–H groups in total. The SMILES string of the molecule is C=C(C(=O)OC)[C@@H]1CC[C@H](C)[C@H]2C(=C(C)C(=O)[C@@H]2[C@@H](O)c2ccc(F)cc2)C1. The van der Waals surface area contributed by atoms with E-state index in [2.05, 4.69) is 13.5 Å². The second-order valence-electron chi connectivity index (χ2n) is 8.03. The first kappa shape index (κ1) is 20.5. The van der Waals surface area contributed by atoms with Gasteiger partial charge in [0.2, 0.25) is 0 Å². The normalized spacial score (nSPS) is 28.5. The predicted molar refractivity (Wildman–Crippen MR) is 104 cm³/mol. The summed E-state index contributed by atoms with van der Waals surface area (Å²) in [7, 11) is 1.34. The zero-order valence-electron chi connectivity index (χ0n) is 16.6. The number of allylic oxidation sites excluding steroid dienone is 2. The molecule has 4 nitrogen and oxygen atoms in total. The Morgan fingerprint density at radius 2 is 1.93 bits per heavy atom. The number of halogens is 1. The van der Waals surface area contributed by atoms with E-state index in [-0.39, 0.29) is 29.4 Å². The first-order chi connectivity index (χ1) is 13.3. The molecule has 0 aliphatic heterocycles. The third-order valence-electron chi connectivity index (χ3n) is 6.49. The summed E-state index contributed by atoms with van der Waals surface area (Å²) >= 11 is 0. The first-order valence-electron chi connectivity index (χ1n) is 9.70. The van der Waals surface area contributed by atoms with E-state index < -0.39 is 18.0 Å². The van der Waals surface area contributed by atoms with Crippen molar-refractivity contribution >= 4 is 11.8 Å². The van der Waals surface area contributed by atoms with Crippen LogP contribution in [0.5, 0.6) is 0 Å². The molecule has 0 aromatic heterocycles. The number of ether oxygens (including phenoxy) is 1. The van der Waals surface area contributed by atoms with Crippen molar-refractivity contribution in [2.75, 3.05) is 7.11 Å². The van der Waals surface area contributed by atoms with Crippen molar-refractivity contribution < 1.29 is 23.8 Å². The minimum Gasteiger partial charge on any atom is -0.466 e. The van der Waals surface area contributed by atoms with E-state index in [1.54, 1.807) is 6.92 Å². The molecule has 0 bridgehead atoms. The van der Waals surface area contributed by atoms with Crippen molar-refractivity contribution in [2.24, 2.45) is 23.7 Å². The van der Waals surface area contributed by atoms with E-state index >= 15 is 0 Å². The molecule has 0 spiro atoms. The number of benzene rings is 1. The monoisotopic (exact) mass is 386 g/mol. The highest BCUT2D eigenvalue weighted by molar-refractivity contribution is 6.01. The third kappa shape index (κ3) is 3.55. The number of carbonyl (C=O) groups excluding carboxylic acids is 2. The quantitative estimate of drug-likeness (QED) is 0.624. The topological polar surface area (TPSA) is 63.6 Å². The molecule has 0 radical (unpaired) electrons. The van der Waals surface area contributed by atoms with E-state index in [0.717, 1.165) is 18.4 Å². The highest BCUT2D eigenvalue weighted by Gasteiger charge is 2.48. The van der Waals surface area contributed by atoms with Crippen molar-refractivity contribution in [3.05, 3.63) is 58.9 Å². The summed E-state index contributed by atoms with van der Waals surface area (Å²) in [6, 6.07) is 5.66. The van der Waals surface area contributed by atoms with Gasteiger partial charge in [0, 0.05) is 5.57 Å². The number of aliphatic hydroxyl groups is 1. The van der Waals surface area contributed by atoms with Crippen LogP contribution in [0.15, 0.2) is 47.6 Å². The molecule has 0 amide bonds. The van der Waals surface area contributed by atoms with E-state index in [1.165, 1.54) is 31.4 Å². The summed E-state index contributed by atoms with van der Waals surface area (Å²) in [6.07, 6.45) is 1.19. The molecule has 1 saturated carbocycles. The molecule has 0 unspecified atom stereocenters. The Morgan fingerprint density at radius 3 is 2.54 bits per heavy atom. The molecule has 150 valence electrons. The molecule has 2 aliphatic carbocycles. The Morgan fingerprint density at radius 1 is 1.29 bits per heavy atom. The van der Waals surface area contributed by atoms with Crippen LogP contribution in [0.2, 0.25) is 0 Å². The number of hydrogen-bond donors (Lipinski definition) is 1. The van der Waals surface area contributed by atoms with Gasteiger partial charge in [-0.3, -0.25) is 4.79 Å². The van der Waals surface area contributed by atoms with Crippen LogP contribution in [0.4, 0.5) is 4.39 Å². The number of methoxy groups -OCH3 is 1. The molecule has 1 aromatic carbocycles. The number of esters is 1. The second kappa shape index (κ2) is 8.00. The Balaban J connectivity index is 1.92. The van der Waals surface area contributed by atoms with Gasteiger partial charge in [0.15, 0.2) is 5.78 Å². The highest BCUT2D eigenvalue weighted by Crippen LogP contribution is 2.51. The summed E-state index contributed by atoms with van der Waals surface area (Å²) in [5, 5.41) is 11.0. The fourth-order valence-electron chi connectivity index (χ4n) is 4.84. The lowest BCUT2D eigenvalue weighted by atomic mass is 9.76. The zero-order chi connectivity index (χ0) is 20.6. The van der Waals surface area contributed by atoms with Crippen LogP contribution >= 0.6 is 0 Å². The van der Waals surface area contributed by atoms with Gasteiger partial charge >= 0.3 is 5.97 Å². The number of carbonyl (C=O) groups is 2. The standard InChI is InChI=1S/C23H27FO4/c1-12-5-6-16(13(2)23(27)28-4)11-18-14(3)21(25)20(19(12)18)22(26)15-7-9-17(24)10-8-15/h7-10,12,16,19-20,22,26H,2,5-6,11H2,1,3-4H3/t12-,16+,19-,20+,22-/m0/s1. The number of aliphatic hydroxyl groups excluding tert-OH is 1. The van der Waals surface area contributed by atoms with Crippen molar-refractivity contribution in [1.29, 1.82) is 0 Å². The zero-order valence-corrected chi connectivity index (χ0v) is 16.6. The molecular formula is C23H27FO4. The minimum atomic E-state index is -0.992.